The van der Waals surface area contributed by atoms with Gasteiger partial charge in [0, 0.05) is 12.5 Å². The molecule has 0 aliphatic heterocycles. The van der Waals surface area contributed by atoms with Crippen molar-refractivity contribution in [2.45, 2.75) is 58.9 Å². The lowest BCUT2D eigenvalue weighted by atomic mass is 9.80. The standard InChI is InChI=1S/C17H30O4Si/c1-16(2,3)22(8,9)21-13-11-17(4,5)14(19-6)10-12(13)15(18)20-7/h10-11,14H,1-9H3. The molecule has 1 rings (SSSR count). The molecule has 0 heterocycles. The van der Waals surface area contributed by atoms with Crippen molar-refractivity contribution in [1.29, 1.82) is 0 Å². The maximum Gasteiger partial charge on any atom is 0.341 e. The van der Waals surface area contributed by atoms with Gasteiger partial charge >= 0.3 is 5.97 Å². The highest BCUT2D eigenvalue weighted by atomic mass is 28.4. The van der Waals surface area contributed by atoms with Crippen molar-refractivity contribution in [3.05, 3.63) is 23.5 Å². The average Bonchev–Trinajstić information content (AvgIpc) is 2.35. The van der Waals surface area contributed by atoms with Gasteiger partial charge in [0.1, 0.15) is 5.76 Å². The fourth-order valence-electron chi connectivity index (χ4n) is 2.11. The summed E-state index contributed by atoms with van der Waals surface area (Å²) in [6, 6.07) is 0. The molecule has 0 N–H and O–H groups in total. The lowest BCUT2D eigenvalue weighted by Gasteiger charge is -2.40. The van der Waals surface area contributed by atoms with Crippen molar-refractivity contribution in [3.63, 3.8) is 0 Å². The first-order valence-electron chi connectivity index (χ1n) is 7.61. The third-order valence-electron chi connectivity index (χ3n) is 4.65. The monoisotopic (exact) mass is 326 g/mol. The van der Waals surface area contributed by atoms with Crippen LogP contribution in [0.1, 0.15) is 34.6 Å². The van der Waals surface area contributed by atoms with E-state index in [2.05, 4.69) is 47.7 Å². The molecular weight excluding hydrogens is 296 g/mol. The van der Waals surface area contributed by atoms with Crippen LogP contribution in [-0.2, 0) is 18.7 Å². The molecular formula is C17H30O4Si. The van der Waals surface area contributed by atoms with Gasteiger partial charge in [-0.2, -0.15) is 0 Å². The lowest BCUT2D eigenvalue weighted by molar-refractivity contribution is -0.136. The van der Waals surface area contributed by atoms with Crippen molar-refractivity contribution in [1.82, 2.24) is 0 Å². The van der Waals surface area contributed by atoms with Crippen LogP contribution in [0.25, 0.3) is 0 Å². The van der Waals surface area contributed by atoms with Crippen LogP contribution >= 0.6 is 0 Å². The van der Waals surface area contributed by atoms with Crippen LogP contribution in [0.3, 0.4) is 0 Å². The Morgan fingerprint density at radius 2 is 1.77 bits per heavy atom. The summed E-state index contributed by atoms with van der Waals surface area (Å²) in [5.74, 6) is 0.235. The smallest absolute Gasteiger partial charge is 0.341 e. The Labute approximate surface area is 135 Å². The van der Waals surface area contributed by atoms with E-state index in [0.29, 0.717) is 11.3 Å². The Morgan fingerprint density at radius 3 is 2.18 bits per heavy atom. The van der Waals surface area contributed by atoms with E-state index in [9.17, 15) is 4.79 Å². The van der Waals surface area contributed by atoms with Gasteiger partial charge in [0.2, 0.25) is 8.32 Å². The zero-order chi connectivity index (χ0) is 17.3. The highest BCUT2D eigenvalue weighted by Gasteiger charge is 2.42. The average molecular weight is 327 g/mol. The fourth-order valence-corrected chi connectivity index (χ4v) is 3.13. The summed E-state index contributed by atoms with van der Waals surface area (Å²) in [6.45, 7) is 15.0. The van der Waals surface area contributed by atoms with Gasteiger partial charge in [-0.1, -0.05) is 34.6 Å². The quantitative estimate of drug-likeness (QED) is 0.577. The topological polar surface area (TPSA) is 44.8 Å². The molecule has 1 aliphatic carbocycles. The van der Waals surface area contributed by atoms with Crippen molar-refractivity contribution < 1.29 is 18.7 Å². The molecule has 5 heteroatoms. The molecule has 0 saturated heterocycles. The maximum atomic E-state index is 12.1. The van der Waals surface area contributed by atoms with E-state index in [1.807, 2.05) is 12.2 Å². The Hall–Kier alpha value is -1.07. The van der Waals surface area contributed by atoms with E-state index in [0.717, 1.165) is 0 Å². The number of rotatable bonds is 4. The predicted molar refractivity (Wildman–Crippen MR) is 91.0 cm³/mol. The van der Waals surface area contributed by atoms with Crippen LogP contribution in [-0.4, -0.2) is 34.6 Å². The molecule has 0 bridgehead atoms. The van der Waals surface area contributed by atoms with Gasteiger partial charge in [-0.15, -0.1) is 0 Å². The molecule has 0 aromatic carbocycles. The minimum absolute atomic E-state index is 0.0529. The summed E-state index contributed by atoms with van der Waals surface area (Å²) in [4.78, 5) is 12.1. The van der Waals surface area contributed by atoms with E-state index < -0.39 is 8.32 Å². The minimum atomic E-state index is -2.05. The van der Waals surface area contributed by atoms with Gasteiger partial charge < -0.3 is 13.9 Å². The number of hydrogen-bond acceptors (Lipinski definition) is 4. The highest BCUT2D eigenvalue weighted by Crippen LogP contribution is 2.42. The fraction of sp³-hybridized carbons (Fsp3) is 0.706. The van der Waals surface area contributed by atoms with Gasteiger partial charge in [0.05, 0.1) is 18.8 Å². The van der Waals surface area contributed by atoms with Crippen molar-refractivity contribution >= 4 is 14.3 Å². The summed E-state index contributed by atoms with van der Waals surface area (Å²) in [6.07, 6.45) is 3.62. The summed E-state index contributed by atoms with van der Waals surface area (Å²) >= 11 is 0. The largest absolute Gasteiger partial charge is 0.543 e. The van der Waals surface area contributed by atoms with Crippen molar-refractivity contribution in [2.24, 2.45) is 5.41 Å². The molecule has 1 unspecified atom stereocenters. The molecule has 0 fully saturated rings. The number of carbonyl (C=O) groups excluding carboxylic acids is 1. The van der Waals surface area contributed by atoms with Crippen molar-refractivity contribution in [3.8, 4) is 0 Å². The van der Waals surface area contributed by atoms with Gasteiger partial charge in [-0.3, -0.25) is 0 Å². The Balaban J connectivity index is 3.27. The third-order valence-corrected chi connectivity index (χ3v) is 8.99. The molecule has 0 saturated carbocycles. The first kappa shape index (κ1) is 19.0. The van der Waals surface area contributed by atoms with Gasteiger partial charge in [-0.25, -0.2) is 4.79 Å². The minimum Gasteiger partial charge on any atom is -0.543 e. The van der Waals surface area contributed by atoms with Crippen LogP contribution in [0.2, 0.25) is 18.1 Å². The zero-order valence-electron chi connectivity index (χ0n) is 15.4. The summed E-state index contributed by atoms with van der Waals surface area (Å²) in [5, 5.41) is 0.0529. The molecule has 0 amide bonds. The van der Waals surface area contributed by atoms with Crippen LogP contribution < -0.4 is 0 Å². The number of hydrogen-bond donors (Lipinski definition) is 0. The maximum absolute atomic E-state index is 12.1. The first-order chi connectivity index (χ1) is 9.85. The van der Waals surface area contributed by atoms with E-state index in [1.165, 1.54) is 7.11 Å². The molecule has 0 aromatic rings. The van der Waals surface area contributed by atoms with Gasteiger partial charge in [-0.05, 0) is 30.3 Å². The Bertz CT molecular complexity index is 495. The molecule has 1 atom stereocenters. The first-order valence-corrected chi connectivity index (χ1v) is 10.5. The van der Waals surface area contributed by atoms with E-state index in [1.54, 1.807) is 7.11 Å². The molecule has 1 aliphatic rings. The zero-order valence-corrected chi connectivity index (χ0v) is 16.4. The normalized spacial score (nSPS) is 21.8. The Kier molecular flexibility index (Phi) is 5.35. The number of esters is 1. The lowest BCUT2D eigenvalue weighted by Crippen LogP contribution is -2.42. The number of carbonyl (C=O) groups is 1. The molecule has 0 aromatic heterocycles. The van der Waals surface area contributed by atoms with Crippen molar-refractivity contribution in [2.75, 3.05) is 14.2 Å². The van der Waals surface area contributed by atoms with E-state index >= 15 is 0 Å². The van der Waals surface area contributed by atoms with Gasteiger partial charge in [0.15, 0.2) is 0 Å². The number of ether oxygens (including phenoxy) is 2. The summed E-state index contributed by atoms with van der Waals surface area (Å²) < 4.78 is 16.8. The second kappa shape index (κ2) is 6.20. The second-order valence-electron chi connectivity index (χ2n) is 7.92. The third kappa shape index (κ3) is 3.82. The predicted octanol–water partition coefficient (Wildman–Crippen LogP) is 4.05. The van der Waals surface area contributed by atoms with Crippen LogP contribution in [0.4, 0.5) is 0 Å². The molecule has 0 radical (unpaired) electrons. The summed E-state index contributed by atoms with van der Waals surface area (Å²) in [5.41, 5.74) is 0.211. The van der Waals surface area contributed by atoms with E-state index in [4.69, 9.17) is 13.9 Å². The van der Waals surface area contributed by atoms with Gasteiger partial charge in [0.25, 0.3) is 0 Å². The van der Waals surface area contributed by atoms with Crippen LogP contribution in [0, 0.1) is 5.41 Å². The second-order valence-corrected chi connectivity index (χ2v) is 12.6. The SMILES string of the molecule is COC(=O)C1=CC(OC)C(C)(C)C=C1O[Si](C)(C)C(C)(C)C. The molecule has 22 heavy (non-hydrogen) atoms. The van der Waals surface area contributed by atoms with Crippen LogP contribution in [0.5, 0.6) is 0 Å². The molecule has 0 spiro atoms. The molecule has 4 nitrogen and oxygen atoms in total. The number of methoxy groups -OCH3 is 2. The summed E-state index contributed by atoms with van der Waals surface area (Å²) in [7, 11) is 0.983. The Morgan fingerprint density at radius 1 is 1.23 bits per heavy atom. The van der Waals surface area contributed by atoms with E-state index in [-0.39, 0.29) is 22.5 Å². The molecule has 126 valence electrons. The highest BCUT2D eigenvalue weighted by molar-refractivity contribution is 6.74. The van der Waals surface area contributed by atoms with Crippen LogP contribution in [0.15, 0.2) is 23.5 Å².